The van der Waals surface area contributed by atoms with Crippen LogP contribution in [-0.4, -0.2) is 34.1 Å². The Hall–Kier alpha value is -3.26. The maximum atomic E-state index is 13.0. The van der Waals surface area contributed by atoms with Gasteiger partial charge in [0.2, 0.25) is 11.8 Å². The summed E-state index contributed by atoms with van der Waals surface area (Å²) in [6, 6.07) is 13.5. The van der Waals surface area contributed by atoms with Crippen molar-refractivity contribution in [3.05, 3.63) is 65.7 Å². The summed E-state index contributed by atoms with van der Waals surface area (Å²) in [5.41, 5.74) is 2.38. The van der Waals surface area contributed by atoms with Gasteiger partial charge < -0.3 is 19.9 Å². The molecule has 8 heteroatoms. The van der Waals surface area contributed by atoms with E-state index in [1.807, 2.05) is 24.3 Å². The Bertz CT molecular complexity index is 1040. The van der Waals surface area contributed by atoms with E-state index in [9.17, 15) is 14.0 Å². The molecular formula is C22H23FN4O3. The number of imidazole rings is 1. The third-order valence-corrected chi connectivity index (χ3v) is 5.08. The van der Waals surface area contributed by atoms with Gasteiger partial charge in [0.1, 0.15) is 24.3 Å². The van der Waals surface area contributed by atoms with Crippen molar-refractivity contribution in [3.63, 3.8) is 0 Å². The maximum Gasteiger partial charge on any atom is 0.249 e. The molecule has 3 aromatic rings. The van der Waals surface area contributed by atoms with Gasteiger partial charge in [-0.05, 0) is 42.7 Å². The van der Waals surface area contributed by atoms with Crippen molar-refractivity contribution in [2.24, 2.45) is 0 Å². The molecule has 0 radical (unpaired) electrons. The molecule has 0 bridgehead atoms. The molecule has 1 fully saturated rings. The highest BCUT2D eigenvalue weighted by Crippen LogP contribution is 2.17. The second kappa shape index (κ2) is 9.04. The summed E-state index contributed by atoms with van der Waals surface area (Å²) >= 11 is 0. The maximum absolute atomic E-state index is 13.0. The van der Waals surface area contributed by atoms with Crippen LogP contribution in [0.15, 0.2) is 48.5 Å². The third kappa shape index (κ3) is 4.65. The molecule has 2 N–H and O–H groups in total. The summed E-state index contributed by atoms with van der Waals surface area (Å²) in [6.07, 6.45) is 1.18. The molecule has 7 nitrogen and oxygen atoms in total. The standard InChI is InChI=1S/C22H23FN4O3/c23-16-9-7-15(8-10-16)12-24-21(28)14-27-18-5-2-1-4-17(18)26-20(27)13-25-22(29)19-6-3-11-30-19/h1-2,4-5,7-10,19H,3,6,11-14H2,(H,24,28)(H,25,29). The van der Waals surface area contributed by atoms with Gasteiger partial charge >= 0.3 is 0 Å². The second-order valence-corrected chi connectivity index (χ2v) is 7.23. The molecule has 156 valence electrons. The molecule has 1 aliphatic heterocycles. The first-order valence-corrected chi connectivity index (χ1v) is 9.95. The summed E-state index contributed by atoms with van der Waals surface area (Å²) in [6.45, 7) is 1.17. The molecule has 1 aromatic heterocycles. The van der Waals surface area contributed by atoms with E-state index >= 15 is 0 Å². The average Bonchev–Trinajstić information content (AvgIpc) is 3.41. The average molecular weight is 410 g/mol. The molecule has 1 atom stereocenters. The Morgan fingerprint density at radius 2 is 1.90 bits per heavy atom. The van der Waals surface area contributed by atoms with Crippen molar-refractivity contribution in [1.82, 2.24) is 20.2 Å². The van der Waals surface area contributed by atoms with Gasteiger partial charge in [0.25, 0.3) is 0 Å². The molecule has 1 unspecified atom stereocenters. The predicted molar refractivity (Wildman–Crippen MR) is 109 cm³/mol. The number of hydrogen-bond donors (Lipinski definition) is 2. The van der Waals surface area contributed by atoms with Crippen LogP contribution in [0.3, 0.4) is 0 Å². The summed E-state index contributed by atoms with van der Waals surface area (Å²) in [5, 5.41) is 5.71. The minimum atomic E-state index is -0.415. The van der Waals surface area contributed by atoms with Crippen molar-refractivity contribution < 1.29 is 18.7 Å². The molecule has 2 amide bonds. The number of fused-ring (bicyclic) bond motifs is 1. The van der Waals surface area contributed by atoms with Gasteiger partial charge in [-0.25, -0.2) is 9.37 Å². The summed E-state index contributed by atoms with van der Waals surface area (Å²) in [4.78, 5) is 29.4. The van der Waals surface area contributed by atoms with E-state index < -0.39 is 6.10 Å². The zero-order chi connectivity index (χ0) is 20.9. The van der Waals surface area contributed by atoms with Crippen LogP contribution in [-0.2, 0) is 34.0 Å². The van der Waals surface area contributed by atoms with Crippen LogP contribution in [0.5, 0.6) is 0 Å². The topological polar surface area (TPSA) is 85.2 Å². The Labute approximate surface area is 173 Å². The fraction of sp³-hybridized carbons (Fsp3) is 0.318. The second-order valence-electron chi connectivity index (χ2n) is 7.23. The molecule has 0 aliphatic carbocycles. The van der Waals surface area contributed by atoms with Crippen molar-refractivity contribution in [3.8, 4) is 0 Å². The normalized spacial score (nSPS) is 16.0. The first-order valence-electron chi connectivity index (χ1n) is 9.95. The van der Waals surface area contributed by atoms with Crippen LogP contribution in [0.4, 0.5) is 4.39 Å². The van der Waals surface area contributed by atoms with E-state index in [1.54, 1.807) is 16.7 Å². The lowest BCUT2D eigenvalue weighted by molar-refractivity contribution is -0.130. The van der Waals surface area contributed by atoms with Crippen LogP contribution >= 0.6 is 0 Å². The number of hydrogen-bond acceptors (Lipinski definition) is 4. The highest BCUT2D eigenvalue weighted by atomic mass is 19.1. The molecule has 30 heavy (non-hydrogen) atoms. The number of ether oxygens (including phenoxy) is 1. The van der Waals surface area contributed by atoms with E-state index in [2.05, 4.69) is 15.6 Å². The molecular weight excluding hydrogens is 387 g/mol. The monoisotopic (exact) mass is 410 g/mol. The van der Waals surface area contributed by atoms with Crippen LogP contribution < -0.4 is 10.6 Å². The molecule has 4 rings (SSSR count). The van der Waals surface area contributed by atoms with Gasteiger partial charge in [0.15, 0.2) is 0 Å². The minimum Gasteiger partial charge on any atom is -0.368 e. The van der Waals surface area contributed by atoms with Gasteiger partial charge in [-0.15, -0.1) is 0 Å². The molecule has 2 heterocycles. The number of carbonyl (C=O) groups is 2. The van der Waals surface area contributed by atoms with Gasteiger partial charge in [-0.2, -0.15) is 0 Å². The van der Waals surface area contributed by atoms with Crippen molar-refractivity contribution >= 4 is 22.8 Å². The summed E-state index contributed by atoms with van der Waals surface area (Å²) in [5.74, 6) is -0.0785. The van der Waals surface area contributed by atoms with Gasteiger partial charge in [0.05, 0.1) is 17.6 Å². The third-order valence-electron chi connectivity index (χ3n) is 5.08. The fourth-order valence-corrected chi connectivity index (χ4v) is 3.50. The van der Waals surface area contributed by atoms with Crippen molar-refractivity contribution in [1.29, 1.82) is 0 Å². The number of carbonyl (C=O) groups excluding carboxylic acids is 2. The first-order chi connectivity index (χ1) is 14.6. The van der Waals surface area contributed by atoms with E-state index in [0.29, 0.717) is 25.4 Å². The number of aromatic nitrogens is 2. The Balaban J connectivity index is 1.44. The highest BCUT2D eigenvalue weighted by molar-refractivity contribution is 5.82. The number of amides is 2. The van der Waals surface area contributed by atoms with Crippen LogP contribution in [0, 0.1) is 5.82 Å². The zero-order valence-electron chi connectivity index (χ0n) is 16.4. The van der Waals surface area contributed by atoms with Gasteiger partial charge in [0, 0.05) is 13.2 Å². The minimum absolute atomic E-state index is 0.0623. The van der Waals surface area contributed by atoms with Crippen LogP contribution in [0.1, 0.15) is 24.2 Å². The lowest BCUT2D eigenvalue weighted by Gasteiger charge is -2.13. The Kier molecular flexibility index (Phi) is 6.04. The highest BCUT2D eigenvalue weighted by Gasteiger charge is 2.24. The predicted octanol–water partition coefficient (Wildman–Crippen LogP) is 2.29. The first kappa shape index (κ1) is 20.0. The number of nitrogens with one attached hydrogen (secondary N) is 2. The largest absolute Gasteiger partial charge is 0.368 e. The van der Waals surface area contributed by atoms with Crippen LogP contribution in [0.25, 0.3) is 11.0 Å². The zero-order valence-corrected chi connectivity index (χ0v) is 16.4. The molecule has 1 aliphatic rings. The summed E-state index contributed by atoms with van der Waals surface area (Å²) < 4.78 is 20.2. The van der Waals surface area contributed by atoms with E-state index in [4.69, 9.17) is 4.74 Å². The number of nitrogens with zero attached hydrogens (tertiary/aromatic N) is 2. The van der Waals surface area contributed by atoms with E-state index in [-0.39, 0.29) is 30.7 Å². The van der Waals surface area contributed by atoms with Crippen molar-refractivity contribution in [2.45, 2.75) is 38.6 Å². The summed E-state index contributed by atoms with van der Waals surface area (Å²) in [7, 11) is 0. The molecule has 0 spiro atoms. The molecule has 2 aromatic carbocycles. The van der Waals surface area contributed by atoms with E-state index in [0.717, 1.165) is 23.0 Å². The lowest BCUT2D eigenvalue weighted by Crippen LogP contribution is -2.35. The van der Waals surface area contributed by atoms with Crippen molar-refractivity contribution in [2.75, 3.05) is 6.61 Å². The van der Waals surface area contributed by atoms with Crippen LogP contribution in [0.2, 0.25) is 0 Å². The Morgan fingerprint density at radius 3 is 2.67 bits per heavy atom. The van der Waals surface area contributed by atoms with Gasteiger partial charge in [-0.1, -0.05) is 24.3 Å². The Morgan fingerprint density at radius 1 is 1.10 bits per heavy atom. The lowest BCUT2D eigenvalue weighted by atomic mass is 10.2. The quantitative estimate of drug-likeness (QED) is 0.626. The fourth-order valence-electron chi connectivity index (χ4n) is 3.50. The number of benzene rings is 2. The van der Waals surface area contributed by atoms with E-state index in [1.165, 1.54) is 12.1 Å². The number of rotatable bonds is 7. The molecule has 0 saturated carbocycles. The molecule has 1 saturated heterocycles. The number of para-hydroxylation sites is 2. The van der Waals surface area contributed by atoms with Gasteiger partial charge in [-0.3, -0.25) is 9.59 Å². The SMILES string of the molecule is O=C(Cn1c(CNC(=O)C2CCCO2)nc2ccccc21)NCc1ccc(F)cc1. The number of halogens is 1. The smallest absolute Gasteiger partial charge is 0.249 e.